The first-order chi connectivity index (χ1) is 16.6. The van der Waals surface area contributed by atoms with E-state index in [1.807, 2.05) is 0 Å². The van der Waals surface area contributed by atoms with E-state index in [0.717, 1.165) is 24.4 Å². The fourth-order valence-electron chi connectivity index (χ4n) is 9.28. The van der Waals surface area contributed by atoms with Crippen molar-refractivity contribution in [2.75, 3.05) is 13.6 Å². The molecule has 34 heavy (non-hydrogen) atoms. The van der Waals surface area contributed by atoms with Gasteiger partial charge in [0.2, 0.25) is 0 Å². The Bertz CT molecular complexity index is 994. The number of hydrogen-bond donors (Lipinski definition) is 0. The van der Waals surface area contributed by atoms with Crippen LogP contribution in [0.4, 0.5) is 0 Å². The van der Waals surface area contributed by atoms with Crippen LogP contribution in [-0.4, -0.2) is 30.2 Å². The van der Waals surface area contributed by atoms with Gasteiger partial charge in [0.05, 0.1) is 25.1 Å². The van der Waals surface area contributed by atoms with Crippen molar-refractivity contribution < 1.29 is 4.48 Å². The molecule has 0 bridgehead atoms. The van der Waals surface area contributed by atoms with Crippen LogP contribution in [0.2, 0.25) is 0 Å². The van der Waals surface area contributed by atoms with E-state index in [9.17, 15) is 5.26 Å². The maximum atomic E-state index is 10.7. The van der Waals surface area contributed by atoms with E-state index in [1.54, 1.807) is 0 Å². The fraction of sp³-hybridized carbons (Fsp3) is 0.594. The lowest BCUT2D eigenvalue weighted by Crippen LogP contribution is -2.83. The molecule has 1 aliphatic heterocycles. The highest BCUT2D eigenvalue weighted by atomic mass is 15.5. The molecule has 2 aromatic carbocycles. The van der Waals surface area contributed by atoms with Crippen molar-refractivity contribution in [2.24, 2.45) is 17.3 Å². The smallest absolute Gasteiger partial charge is 0.107 e. The summed E-state index contributed by atoms with van der Waals surface area (Å²) < 4.78 is 1.35. The first-order valence-corrected chi connectivity index (χ1v) is 14.0. The van der Waals surface area contributed by atoms with E-state index >= 15 is 0 Å². The van der Waals surface area contributed by atoms with Crippen LogP contribution in [-0.2, 0) is 5.41 Å². The van der Waals surface area contributed by atoms with Crippen molar-refractivity contribution in [3.63, 3.8) is 0 Å². The molecule has 0 N–H and O–H groups in total. The summed E-state index contributed by atoms with van der Waals surface area (Å²) in [5.41, 5.74) is 2.39. The van der Waals surface area contributed by atoms with Crippen LogP contribution in [0.3, 0.4) is 0 Å². The lowest BCUT2D eigenvalue weighted by molar-refractivity contribution is -1.03. The quantitative estimate of drug-likeness (QED) is 0.405. The Morgan fingerprint density at radius 3 is 2.09 bits per heavy atom. The van der Waals surface area contributed by atoms with Gasteiger partial charge in [-0.25, -0.2) is 0 Å². The molecule has 0 amide bonds. The van der Waals surface area contributed by atoms with E-state index in [2.05, 4.69) is 73.8 Å². The molecule has 2 nitrogen and oxygen atoms in total. The number of nitrogens with zero attached hydrogens (tertiary/aromatic N) is 2. The Morgan fingerprint density at radius 1 is 0.882 bits per heavy atom. The molecule has 3 aliphatic carbocycles. The number of piperidine rings is 1. The Morgan fingerprint density at radius 2 is 1.53 bits per heavy atom. The Balaban J connectivity index is 1.23. The standard InChI is InChI=1S/C32H41N2/c1-34(20-18-25-11-5-2-6-12-25)29-17-19-31(29)22-26(21-30(31)34)23-32(24-33,27-13-7-3-8-14-27)28-15-9-4-10-16-28/h3-4,7-10,13-16,25-26,29-30H,2,5-6,11-12,17-23H2,1H3/q+1/t26-,29-,30-,31?,34?/m0/s1. The minimum atomic E-state index is -0.543. The van der Waals surface area contributed by atoms with E-state index < -0.39 is 5.41 Å². The predicted octanol–water partition coefficient (Wildman–Crippen LogP) is 7.24. The first-order valence-electron chi connectivity index (χ1n) is 14.0. The molecule has 4 fully saturated rings. The van der Waals surface area contributed by atoms with Gasteiger partial charge in [-0.2, -0.15) is 5.26 Å². The van der Waals surface area contributed by atoms with Crippen LogP contribution < -0.4 is 0 Å². The largest absolute Gasteiger partial charge is 0.320 e. The van der Waals surface area contributed by atoms with Crippen LogP contribution in [0.1, 0.15) is 81.8 Å². The second kappa shape index (κ2) is 8.53. The number of likely N-dealkylation sites (tertiary alicyclic amines) is 1. The van der Waals surface area contributed by atoms with Gasteiger partial charge in [-0.05, 0) is 48.6 Å². The molecule has 1 saturated heterocycles. The Labute approximate surface area is 206 Å². The summed E-state index contributed by atoms with van der Waals surface area (Å²) in [5.74, 6) is 1.63. The minimum absolute atomic E-state index is 0.543. The van der Waals surface area contributed by atoms with Crippen molar-refractivity contribution in [3.05, 3.63) is 71.8 Å². The highest BCUT2D eigenvalue weighted by Crippen LogP contribution is 2.70. The van der Waals surface area contributed by atoms with E-state index in [1.165, 1.54) is 86.4 Å². The number of nitriles is 1. The third-order valence-corrected chi connectivity index (χ3v) is 10.9. The van der Waals surface area contributed by atoms with Gasteiger partial charge in [-0.3, -0.25) is 0 Å². The van der Waals surface area contributed by atoms with Gasteiger partial charge in [0.1, 0.15) is 17.5 Å². The summed E-state index contributed by atoms with van der Waals surface area (Å²) in [4.78, 5) is 0. The highest BCUT2D eigenvalue weighted by molar-refractivity contribution is 5.46. The van der Waals surface area contributed by atoms with Crippen molar-refractivity contribution in [1.29, 1.82) is 5.26 Å². The van der Waals surface area contributed by atoms with Gasteiger partial charge in [-0.1, -0.05) is 92.8 Å². The summed E-state index contributed by atoms with van der Waals surface area (Å²) in [5, 5.41) is 10.7. The molecular weight excluding hydrogens is 412 g/mol. The fourth-order valence-corrected chi connectivity index (χ4v) is 9.28. The summed E-state index contributed by atoms with van der Waals surface area (Å²) in [6.07, 6.45) is 15.3. The van der Waals surface area contributed by atoms with Crippen molar-refractivity contribution in [3.8, 4) is 6.07 Å². The molecule has 178 valence electrons. The average molecular weight is 454 g/mol. The second-order valence-electron chi connectivity index (χ2n) is 12.4. The van der Waals surface area contributed by atoms with Gasteiger partial charge < -0.3 is 4.48 Å². The molecule has 0 radical (unpaired) electrons. The number of hydrogen-bond acceptors (Lipinski definition) is 1. The van der Waals surface area contributed by atoms with Crippen LogP contribution in [0.25, 0.3) is 0 Å². The molecule has 5 atom stereocenters. The van der Waals surface area contributed by atoms with Crippen LogP contribution in [0.5, 0.6) is 0 Å². The van der Waals surface area contributed by atoms with Crippen LogP contribution in [0, 0.1) is 28.6 Å². The molecule has 4 aliphatic rings. The van der Waals surface area contributed by atoms with Crippen molar-refractivity contribution in [1.82, 2.24) is 0 Å². The minimum Gasteiger partial charge on any atom is -0.320 e. The van der Waals surface area contributed by atoms with E-state index in [0.29, 0.717) is 11.3 Å². The third kappa shape index (κ3) is 3.30. The Kier molecular flexibility index (Phi) is 5.61. The van der Waals surface area contributed by atoms with E-state index in [-0.39, 0.29) is 0 Å². The van der Waals surface area contributed by atoms with Gasteiger partial charge >= 0.3 is 0 Å². The third-order valence-electron chi connectivity index (χ3n) is 10.9. The lowest BCUT2D eigenvalue weighted by atomic mass is 9.51. The zero-order chi connectivity index (χ0) is 23.2. The van der Waals surface area contributed by atoms with Crippen molar-refractivity contribution >= 4 is 0 Å². The van der Waals surface area contributed by atoms with Gasteiger partial charge in [-0.15, -0.1) is 0 Å². The number of quaternary nitrogens is 1. The lowest BCUT2D eigenvalue weighted by Gasteiger charge is -2.72. The summed E-state index contributed by atoms with van der Waals surface area (Å²) in [6, 6.07) is 25.8. The van der Waals surface area contributed by atoms with Gasteiger partial charge in [0.25, 0.3) is 0 Å². The molecule has 1 spiro atoms. The topological polar surface area (TPSA) is 23.8 Å². The summed E-state index contributed by atoms with van der Waals surface area (Å²) >= 11 is 0. The molecule has 2 unspecified atom stereocenters. The average Bonchev–Trinajstić information content (AvgIpc) is 3.27. The summed E-state index contributed by atoms with van der Waals surface area (Å²) in [6.45, 7) is 1.40. The Hall–Kier alpha value is -2.11. The molecule has 1 heterocycles. The maximum absolute atomic E-state index is 10.7. The molecule has 2 aromatic rings. The van der Waals surface area contributed by atoms with Crippen molar-refractivity contribution in [2.45, 2.75) is 88.1 Å². The van der Waals surface area contributed by atoms with E-state index in [4.69, 9.17) is 0 Å². The molecule has 2 heteroatoms. The SMILES string of the molecule is C[N+]1(CCC2CCCCC2)[C@H]2CCC23C[C@@H](CC(C#N)(c2ccccc2)c2ccccc2)C[C@@H]31. The zero-order valence-electron chi connectivity index (χ0n) is 21.0. The first kappa shape index (κ1) is 22.4. The second-order valence-corrected chi connectivity index (χ2v) is 12.4. The normalized spacial score (nSPS) is 34.9. The maximum Gasteiger partial charge on any atom is 0.107 e. The number of benzene rings is 2. The molecule has 6 rings (SSSR count). The monoisotopic (exact) mass is 453 g/mol. The van der Waals surface area contributed by atoms with Gasteiger partial charge in [0.15, 0.2) is 0 Å². The summed E-state index contributed by atoms with van der Waals surface area (Å²) in [7, 11) is 2.60. The van der Waals surface area contributed by atoms with Crippen LogP contribution >= 0.6 is 0 Å². The zero-order valence-corrected chi connectivity index (χ0v) is 21.0. The molecular formula is C32H41N2+. The highest BCUT2D eigenvalue weighted by Gasteiger charge is 2.77. The van der Waals surface area contributed by atoms with Crippen LogP contribution in [0.15, 0.2) is 60.7 Å². The van der Waals surface area contributed by atoms with Gasteiger partial charge in [0, 0.05) is 12.8 Å². The predicted molar refractivity (Wildman–Crippen MR) is 138 cm³/mol. The number of rotatable bonds is 7. The molecule has 3 saturated carbocycles. The molecule has 0 aromatic heterocycles.